The van der Waals surface area contributed by atoms with Crippen LogP contribution in [0.25, 0.3) is 0 Å². The molecular formula is C18H22Cl2F2IN5O. The van der Waals surface area contributed by atoms with Crippen LogP contribution in [0.1, 0.15) is 11.1 Å². The average molecular weight is 560 g/mol. The first kappa shape index (κ1) is 25.4. The average Bonchev–Trinajstić information content (AvgIpc) is 2.64. The van der Waals surface area contributed by atoms with Crippen molar-refractivity contribution in [3.8, 4) is 5.75 Å². The van der Waals surface area contributed by atoms with Crippen molar-refractivity contribution in [2.75, 3.05) is 26.0 Å². The lowest BCUT2D eigenvalue weighted by Crippen LogP contribution is -2.36. The minimum atomic E-state index is -2.99. The maximum absolute atomic E-state index is 12.7. The minimum absolute atomic E-state index is 0. The maximum atomic E-state index is 12.7. The van der Waals surface area contributed by atoms with Crippen LogP contribution in [-0.2, 0) is 13.1 Å². The smallest absolute Gasteiger partial charge is 0.387 e. The van der Waals surface area contributed by atoms with Crippen LogP contribution in [0.3, 0.4) is 0 Å². The second kappa shape index (κ2) is 12.2. The van der Waals surface area contributed by atoms with E-state index in [2.05, 4.69) is 25.3 Å². The Bertz CT molecular complexity index is 840. The Hall–Kier alpha value is -1.59. The molecule has 2 aromatic rings. The summed E-state index contributed by atoms with van der Waals surface area (Å²) < 4.78 is 29.9. The molecule has 0 aliphatic carbocycles. The number of aliphatic imine (C=N–C) groups is 1. The SMILES string of the molecule is CN=C(NCc1ccnc(N(C)C)c1)NCc1cc(Cl)cc(Cl)c1OC(F)F.I. The molecule has 1 aromatic heterocycles. The van der Waals surface area contributed by atoms with Gasteiger partial charge in [0.15, 0.2) is 5.96 Å². The summed E-state index contributed by atoms with van der Waals surface area (Å²) in [6.07, 6.45) is 1.73. The molecule has 0 spiro atoms. The molecule has 0 unspecified atom stereocenters. The number of halogens is 5. The van der Waals surface area contributed by atoms with Crippen molar-refractivity contribution in [1.29, 1.82) is 0 Å². The largest absolute Gasteiger partial charge is 0.433 e. The Morgan fingerprint density at radius 3 is 2.52 bits per heavy atom. The summed E-state index contributed by atoms with van der Waals surface area (Å²) in [5, 5.41) is 6.51. The number of rotatable bonds is 7. The van der Waals surface area contributed by atoms with Crippen LogP contribution in [-0.4, -0.2) is 38.7 Å². The highest BCUT2D eigenvalue weighted by Crippen LogP contribution is 2.33. The first-order valence-electron chi connectivity index (χ1n) is 8.29. The van der Waals surface area contributed by atoms with Gasteiger partial charge in [-0.05, 0) is 29.8 Å². The van der Waals surface area contributed by atoms with E-state index in [4.69, 9.17) is 23.2 Å². The molecule has 0 amide bonds. The Morgan fingerprint density at radius 1 is 1.21 bits per heavy atom. The topological polar surface area (TPSA) is 61.8 Å². The predicted octanol–water partition coefficient (Wildman–Crippen LogP) is 4.54. The molecule has 0 radical (unpaired) electrons. The van der Waals surface area contributed by atoms with Crippen molar-refractivity contribution in [2.24, 2.45) is 4.99 Å². The quantitative estimate of drug-likeness (QED) is 0.296. The van der Waals surface area contributed by atoms with Gasteiger partial charge in [0.2, 0.25) is 0 Å². The van der Waals surface area contributed by atoms with E-state index in [0.29, 0.717) is 23.1 Å². The van der Waals surface area contributed by atoms with Gasteiger partial charge in [-0.3, -0.25) is 4.99 Å². The number of hydrogen-bond acceptors (Lipinski definition) is 4. The molecule has 0 saturated carbocycles. The summed E-state index contributed by atoms with van der Waals surface area (Å²) in [4.78, 5) is 10.3. The van der Waals surface area contributed by atoms with Crippen LogP contribution in [0.5, 0.6) is 5.75 Å². The Morgan fingerprint density at radius 2 is 1.90 bits per heavy atom. The van der Waals surface area contributed by atoms with Crippen LogP contribution >= 0.6 is 47.2 Å². The highest BCUT2D eigenvalue weighted by Gasteiger charge is 2.15. The molecule has 160 valence electrons. The first-order valence-corrected chi connectivity index (χ1v) is 9.05. The van der Waals surface area contributed by atoms with Crippen molar-refractivity contribution >= 4 is 59.0 Å². The lowest BCUT2D eigenvalue weighted by Gasteiger charge is -2.16. The second-order valence-corrected chi connectivity index (χ2v) is 6.79. The van der Waals surface area contributed by atoms with Crippen molar-refractivity contribution in [2.45, 2.75) is 19.7 Å². The summed E-state index contributed by atoms with van der Waals surface area (Å²) in [5.74, 6) is 1.20. The van der Waals surface area contributed by atoms with E-state index < -0.39 is 6.61 Å². The molecule has 0 aliphatic rings. The van der Waals surface area contributed by atoms with E-state index in [9.17, 15) is 8.78 Å². The Labute approximate surface area is 195 Å². The lowest BCUT2D eigenvalue weighted by atomic mass is 10.2. The summed E-state index contributed by atoms with van der Waals surface area (Å²) in [6.45, 7) is -2.35. The summed E-state index contributed by atoms with van der Waals surface area (Å²) >= 11 is 12.0. The van der Waals surface area contributed by atoms with Crippen LogP contribution in [0.4, 0.5) is 14.6 Å². The lowest BCUT2D eigenvalue weighted by molar-refractivity contribution is -0.0504. The molecule has 2 rings (SSSR count). The Balaban J connectivity index is 0.00000420. The van der Waals surface area contributed by atoms with Crippen molar-refractivity contribution < 1.29 is 13.5 Å². The van der Waals surface area contributed by atoms with Gasteiger partial charge in [0.1, 0.15) is 11.6 Å². The summed E-state index contributed by atoms with van der Waals surface area (Å²) in [6, 6.07) is 6.70. The van der Waals surface area contributed by atoms with Crippen LogP contribution in [0, 0.1) is 0 Å². The Kier molecular flexibility index (Phi) is 10.7. The zero-order chi connectivity index (χ0) is 20.7. The molecule has 0 atom stereocenters. The van der Waals surface area contributed by atoms with Gasteiger partial charge in [-0.1, -0.05) is 23.2 Å². The van der Waals surface area contributed by atoms with Crippen LogP contribution in [0.15, 0.2) is 35.5 Å². The van der Waals surface area contributed by atoms with E-state index in [0.717, 1.165) is 11.4 Å². The maximum Gasteiger partial charge on any atom is 0.387 e. The zero-order valence-electron chi connectivity index (χ0n) is 16.0. The van der Waals surface area contributed by atoms with E-state index >= 15 is 0 Å². The van der Waals surface area contributed by atoms with Crippen molar-refractivity contribution in [1.82, 2.24) is 15.6 Å². The molecule has 29 heavy (non-hydrogen) atoms. The molecule has 1 heterocycles. The van der Waals surface area contributed by atoms with Crippen LogP contribution < -0.4 is 20.3 Å². The van der Waals surface area contributed by atoms with Gasteiger partial charge in [0, 0.05) is 51.0 Å². The zero-order valence-corrected chi connectivity index (χ0v) is 19.9. The third kappa shape index (κ3) is 7.98. The fraction of sp³-hybridized carbons (Fsp3) is 0.333. The number of hydrogen-bond donors (Lipinski definition) is 2. The standard InChI is InChI=1S/C18H21Cl2F2N5O.HI/c1-23-18(25-9-11-4-5-24-15(6-11)27(2)3)26-10-12-7-13(19)8-14(20)16(12)28-17(21)22;/h4-8,17H,9-10H2,1-3H3,(H2,23,25,26);1H. The molecule has 6 nitrogen and oxygen atoms in total. The van der Waals surface area contributed by atoms with Gasteiger partial charge in [0.25, 0.3) is 0 Å². The van der Waals surface area contributed by atoms with Crippen LogP contribution in [0.2, 0.25) is 10.0 Å². The van der Waals surface area contributed by atoms with E-state index in [-0.39, 0.29) is 41.3 Å². The second-order valence-electron chi connectivity index (χ2n) is 5.95. The highest BCUT2D eigenvalue weighted by atomic mass is 127. The normalized spacial score (nSPS) is 11.1. The van der Waals surface area contributed by atoms with Gasteiger partial charge >= 0.3 is 6.61 Å². The summed E-state index contributed by atoms with van der Waals surface area (Å²) in [7, 11) is 5.43. The molecule has 11 heteroatoms. The third-order valence-electron chi connectivity index (χ3n) is 3.69. The van der Waals surface area contributed by atoms with Gasteiger partial charge in [0.05, 0.1) is 5.02 Å². The number of guanidine groups is 1. The minimum Gasteiger partial charge on any atom is -0.433 e. The molecule has 0 saturated heterocycles. The van der Waals surface area contributed by atoms with Crippen molar-refractivity contribution in [3.63, 3.8) is 0 Å². The van der Waals surface area contributed by atoms with Crippen molar-refractivity contribution in [3.05, 3.63) is 51.6 Å². The number of nitrogens with zero attached hydrogens (tertiary/aromatic N) is 3. The number of nitrogens with one attached hydrogen (secondary N) is 2. The van der Waals surface area contributed by atoms with E-state index in [1.807, 2.05) is 31.1 Å². The highest BCUT2D eigenvalue weighted by molar-refractivity contribution is 14.0. The molecule has 0 fully saturated rings. The number of ether oxygens (including phenoxy) is 1. The predicted molar refractivity (Wildman–Crippen MR) is 124 cm³/mol. The number of pyridine rings is 1. The third-order valence-corrected chi connectivity index (χ3v) is 4.19. The molecular weight excluding hydrogens is 538 g/mol. The number of aromatic nitrogens is 1. The molecule has 0 aliphatic heterocycles. The fourth-order valence-electron chi connectivity index (χ4n) is 2.37. The number of alkyl halides is 2. The molecule has 0 bridgehead atoms. The van der Waals surface area contributed by atoms with Gasteiger partial charge in [-0.15, -0.1) is 24.0 Å². The summed E-state index contributed by atoms with van der Waals surface area (Å²) in [5.41, 5.74) is 1.40. The fourth-order valence-corrected chi connectivity index (χ4v) is 2.95. The molecule has 1 aromatic carbocycles. The first-order chi connectivity index (χ1) is 13.3. The van der Waals surface area contributed by atoms with E-state index in [1.54, 1.807) is 13.2 Å². The van der Waals surface area contributed by atoms with E-state index in [1.165, 1.54) is 12.1 Å². The number of benzene rings is 1. The van der Waals surface area contributed by atoms with Gasteiger partial charge in [-0.2, -0.15) is 8.78 Å². The van der Waals surface area contributed by atoms with Gasteiger partial charge < -0.3 is 20.3 Å². The van der Waals surface area contributed by atoms with Gasteiger partial charge in [-0.25, -0.2) is 4.98 Å². The number of anilines is 1. The molecule has 2 N–H and O–H groups in total. The monoisotopic (exact) mass is 559 g/mol.